The predicted octanol–water partition coefficient (Wildman–Crippen LogP) is 2.91. The van der Waals surface area contributed by atoms with Crippen molar-refractivity contribution < 1.29 is 9.53 Å². The second kappa shape index (κ2) is 5.76. The Morgan fingerprint density at radius 1 is 1.24 bits per heavy atom. The molecule has 0 aliphatic carbocycles. The second-order valence-corrected chi connectivity index (χ2v) is 5.47. The Hall–Kier alpha value is -2.04. The Morgan fingerprint density at radius 2 is 2.00 bits per heavy atom. The van der Waals surface area contributed by atoms with Crippen molar-refractivity contribution in [1.29, 1.82) is 0 Å². The van der Waals surface area contributed by atoms with Crippen LogP contribution in [0.3, 0.4) is 0 Å². The summed E-state index contributed by atoms with van der Waals surface area (Å²) in [6.07, 6.45) is 0.699. The number of nitrogens with one attached hydrogen (secondary N) is 1. The number of amides is 1. The molecule has 2 aromatic carbocycles. The van der Waals surface area contributed by atoms with Gasteiger partial charge in [-0.2, -0.15) is 0 Å². The maximum Gasteiger partial charge on any atom is 0.262 e. The van der Waals surface area contributed by atoms with Crippen molar-refractivity contribution in [3.8, 4) is 5.75 Å². The summed E-state index contributed by atoms with van der Waals surface area (Å²) in [5.74, 6) is 0.531. The summed E-state index contributed by atoms with van der Waals surface area (Å²) in [5, 5.41) is 3.50. The van der Waals surface area contributed by atoms with E-state index < -0.39 is 0 Å². The third-order valence-corrected chi connectivity index (χ3v) is 3.69. The van der Waals surface area contributed by atoms with Crippen LogP contribution in [0, 0.1) is 0 Å². The van der Waals surface area contributed by atoms with Gasteiger partial charge in [0.2, 0.25) is 0 Å². The quantitative estimate of drug-likeness (QED) is 0.916. The van der Waals surface area contributed by atoms with Gasteiger partial charge in [-0.05, 0) is 41.8 Å². The van der Waals surface area contributed by atoms with Crippen LogP contribution in [0.1, 0.15) is 17.2 Å². The minimum Gasteiger partial charge on any atom is -0.482 e. The number of carbonyl (C=O) groups excluding carboxylic acids is 1. The van der Waals surface area contributed by atoms with Gasteiger partial charge in [-0.25, -0.2) is 0 Å². The highest BCUT2D eigenvalue weighted by Crippen LogP contribution is 2.30. The molecule has 0 bridgehead atoms. The molecule has 1 aliphatic heterocycles. The third kappa shape index (κ3) is 3.17. The monoisotopic (exact) mass is 302 g/mol. The van der Waals surface area contributed by atoms with Gasteiger partial charge in [0.05, 0.1) is 5.69 Å². The van der Waals surface area contributed by atoms with E-state index in [9.17, 15) is 4.79 Å². The number of nitrogens with two attached hydrogens (primary N) is 1. The zero-order chi connectivity index (χ0) is 14.8. The molecule has 2 aromatic rings. The molecule has 5 heteroatoms. The molecule has 108 valence electrons. The molecule has 0 saturated carbocycles. The topological polar surface area (TPSA) is 64.3 Å². The summed E-state index contributed by atoms with van der Waals surface area (Å²) < 4.78 is 5.33. The Labute approximate surface area is 127 Å². The molecule has 1 aliphatic rings. The summed E-state index contributed by atoms with van der Waals surface area (Å²) in [6.45, 7) is 0.0587. The number of hydrogen-bond acceptors (Lipinski definition) is 3. The van der Waals surface area contributed by atoms with Crippen molar-refractivity contribution in [2.24, 2.45) is 5.73 Å². The van der Waals surface area contributed by atoms with E-state index in [1.54, 1.807) is 0 Å². The Balaban J connectivity index is 1.78. The molecule has 0 aromatic heterocycles. The van der Waals surface area contributed by atoms with E-state index in [2.05, 4.69) is 5.32 Å². The molecule has 1 heterocycles. The standard InChI is InChI=1S/C16H15ClN2O2/c17-12-4-1-10(2-5-12)7-13(18)11-3-6-15-14(8-11)19-16(20)9-21-15/h1-6,8,13H,7,9,18H2,(H,19,20). The zero-order valence-corrected chi connectivity index (χ0v) is 12.1. The molecule has 21 heavy (non-hydrogen) atoms. The smallest absolute Gasteiger partial charge is 0.262 e. The van der Waals surface area contributed by atoms with Gasteiger partial charge < -0.3 is 15.8 Å². The van der Waals surface area contributed by atoms with Gasteiger partial charge in [0.15, 0.2) is 6.61 Å². The average molecular weight is 303 g/mol. The fraction of sp³-hybridized carbons (Fsp3) is 0.188. The fourth-order valence-corrected chi connectivity index (χ4v) is 2.45. The summed E-state index contributed by atoms with van der Waals surface area (Å²) in [7, 11) is 0. The summed E-state index contributed by atoms with van der Waals surface area (Å²) in [4.78, 5) is 11.4. The van der Waals surface area contributed by atoms with Crippen LogP contribution in [-0.4, -0.2) is 12.5 Å². The molecule has 0 radical (unpaired) electrons. The Bertz CT molecular complexity index is 670. The molecule has 0 fully saturated rings. The summed E-state index contributed by atoms with van der Waals surface area (Å²) in [5.41, 5.74) is 8.99. The molecular weight excluding hydrogens is 288 g/mol. The molecule has 1 unspecified atom stereocenters. The van der Waals surface area contributed by atoms with Gasteiger partial charge in [-0.3, -0.25) is 4.79 Å². The Morgan fingerprint density at radius 3 is 2.76 bits per heavy atom. The van der Waals surface area contributed by atoms with Crippen LogP contribution in [-0.2, 0) is 11.2 Å². The number of hydrogen-bond donors (Lipinski definition) is 2. The van der Waals surface area contributed by atoms with E-state index >= 15 is 0 Å². The maximum atomic E-state index is 11.4. The molecule has 0 spiro atoms. The molecule has 3 rings (SSSR count). The lowest BCUT2D eigenvalue weighted by atomic mass is 9.99. The fourth-order valence-electron chi connectivity index (χ4n) is 2.32. The van der Waals surface area contributed by atoms with E-state index in [-0.39, 0.29) is 18.6 Å². The molecule has 0 saturated heterocycles. The summed E-state index contributed by atoms with van der Waals surface area (Å²) in [6, 6.07) is 13.1. The van der Waals surface area contributed by atoms with Crippen LogP contribution in [0.2, 0.25) is 5.02 Å². The van der Waals surface area contributed by atoms with Crippen molar-refractivity contribution in [3.05, 3.63) is 58.6 Å². The van der Waals surface area contributed by atoms with Gasteiger partial charge in [-0.15, -0.1) is 0 Å². The number of fused-ring (bicyclic) bond motifs is 1. The SMILES string of the molecule is NC(Cc1ccc(Cl)cc1)c1ccc2c(c1)NC(=O)CO2. The van der Waals surface area contributed by atoms with Crippen molar-refractivity contribution in [1.82, 2.24) is 0 Å². The number of ether oxygens (including phenoxy) is 1. The van der Waals surface area contributed by atoms with Gasteiger partial charge in [0, 0.05) is 11.1 Å². The zero-order valence-electron chi connectivity index (χ0n) is 11.3. The van der Waals surface area contributed by atoms with Crippen molar-refractivity contribution in [3.63, 3.8) is 0 Å². The molecule has 3 N–H and O–H groups in total. The normalized spacial score (nSPS) is 14.9. The second-order valence-electron chi connectivity index (χ2n) is 5.03. The first kappa shape index (κ1) is 13.9. The van der Waals surface area contributed by atoms with Crippen molar-refractivity contribution >= 4 is 23.2 Å². The molecule has 1 amide bonds. The van der Waals surface area contributed by atoms with E-state index in [1.165, 1.54) is 0 Å². The van der Waals surface area contributed by atoms with Gasteiger partial charge in [0.25, 0.3) is 5.91 Å². The van der Waals surface area contributed by atoms with Crippen LogP contribution in [0.4, 0.5) is 5.69 Å². The largest absolute Gasteiger partial charge is 0.482 e. The number of benzene rings is 2. The van der Waals surface area contributed by atoms with Gasteiger partial charge in [0.1, 0.15) is 5.75 Å². The minimum atomic E-state index is -0.157. The Kier molecular flexibility index (Phi) is 3.82. The first-order valence-electron chi connectivity index (χ1n) is 6.68. The average Bonchev–Trinajstić information content (AvgIpc) is 2.48. The number of carbonyl (C=O) groups is 1. The third-order valence-electron chi connectivity index (χ3n) is 3.43. The summed E-state index contributed by atoms with van der Waals surface area (Å²) >= 11 is 5.87. The van der Waals surface area contributed by atoms with E-state index in [0.717, 1.165) is 11.1 Å². The number of halogens is 1. The van der Waals surface area contributed by atoms with E-state index in [4.69, 9.17) is 22.1 Å². The lowest BCUT2D eigenvalue weighted by Crippen LogP contribution is -2.25. The molecule has 4 nitrogen and oxygen atoms in total. The first-order valence-corrected chi connectivity index (χ1v) is 7.06. The predicted molar refractivity (Wildman–Crippen MR) is 82.7 cm³/mol. The van der Waals surface area contributed by atoms with Crippen LogP contribution < -0.4 is 15.8 Å². The van der Waals surface area contributed by atoms with Crippen LogP contribution in [0.25, 0.3) is 0 Å². The first-order chi connectivity index (χ1) is 10.1. The molecular formula is C16H15ClN2O2. The highest BCUT2D eigenvalue weighted by Gasteiger charge is 2.17. The molecule has 1 atom stereocenters. The van der Waals surface area contributed by atoms with Crippen LogP contribution in [0.5, 0.6) is 5.75 Å². The van der Waals surface area contributed by atoms with E-state index in [0.29, 0.717) is 22.9 Å². The lowest BCUT2D eigenvalue weighted by molar-refractivity contribution is -0.118. The van der Waals surface area contributed by atoms with Crippen LogP contribution >= 0.6 is 11.6 Å². The van der Waals surface area contributed by atoms with Crippen LogP contribution in [0.15, 0.2) is 42.5 Å². The highest BCUT2D eigenvalue weighted by molar-refractivity contribution is 6.30. The number of anilines is 1. The maximum absolute atomic E-state index is 11.4. The lowest BCUT2D eigenvalue weighted by Gasteiger charge is -2.20. The van der Waals surface area contributed by atoms with Gasteiger partial charge in [-0.1, -0.05) is 29.8 Å². The van der Waals surface area contributed by atoms with Gasteiger partial charge >= 0.3 is 0 Å². The highest BCUT2D eigenvalue weighted by atomic mass is 35.5. The van der Waals surface area contributed by atoms with E-state index in [1.807, 2.05) is 42.5 Å². The van der Waals surface area contributed by atoms with Crippen molar-refractivity contribution in [2.75, 3.05) is 11.9 Å². The van der Waals surface area contributed by atoms with Crippen molar-refractivity contribution in [2.45, 2.75) is 12.5 Å². The number of rotatable bonds is 3. The minimum absolute atomic E-state index is 0.0587.